The zero-order valence-corrected chi connectivity index (χ0v) is 18.7. The smallest absolute Gasteiger partial charge is 0.264 e. The fraction of sp³-hybridized carbons (Fsp3) is 0.409. The van der Waals surface area contributed by atoms with Crippen LogP contribution in [-0.2, 0) is 11.3 Å². The van der Waals surface area contributed by atoms with Crippen molar-refractivity contribution in [3.63, 3.8) is 0 Å². The maximum Gasteiger partial charge on any atom is 0.264 e. The lowest BCUT2D eigenvalue weighted by Crippen LogP contribution is -2.35. The molecule has 1 amide bonds. The number of amides is 1. The van der Waals surface area contributed by atoms with E-state index in [2.05, 4.69) is 14.9 Å². The maximum atomic E-state index is 13.4. The Labute approximate surface area is 184 Å². The first-order chi connectivity index (χ1) is 15.0. The second-order valence-electron chi connectivity index (χ2n) is 7.43. The zero-order chi connectivity index (χ0) is 22.0. The molecule has 7 nitrogen and oxygen atoms in total. The second kappa shape index (κ2) is 9.15. The number of nitrogens with zero attached hydrogens (tertiary/aromatic N) is 4. The summed E-state index contributed by atoms with van der Waals surface area (Å²) in [5.74, 6) is 0.736. The van der Waals surface area contributed by atoms with Gasteiger partial charge in [-0.1, -0.05) is 0 Å². The number of carbonyl (C=O) groups excluding carboxylic acids is 1. The Hall–Kier alpha value is -2.78. The highest BCUT2D eigenvalue weighted by Crippen LogP contribution is 2.36. The first kappa shape index (κ1) is 21.5. The second-order valence-corrected chi connectivity index (χ2v) is 8.43. The van der Waals surface area contributed by atoms with Crippen LogP contribution >= 0.6 is 11.3 Å². The molecule has 3 heterocycles. The third-order valence-electron chi connectivity index (χ3n) is 5.44. The summed E-state index contributed by atoms with van der Waals surface area (Å²) in [6.07, 6.45) is 0.841. The molecule has 9 heteroatoms. The van der Waals surface area contributed by atoms with E-state index in [1.165, 1.54) is 23.5 Å². The molecule has 1 aliphatic heterocycles. The molecule has 4 rings (SSSR count). The molecule has 164 valence electrons. The third kappa shape index (κ3) is 4.33. The summed E-state index contributed by atoms with van der Waals surface area (Å²) in [7, 11) is 3.15. The minimum absolute atomic E-state index is 0.00296. The van der Waals surface area contributed by atoms with Crippen LogP contribution in [0.2, 0.25) is 0 Å². The molecule has 1 saturated heterocycles. The van der Waals surface area contributed by atoms with Crippen LogP contribution in [-0.4, -0.2) is 61.2 Å². The molecule has 1 aliphatic rings. The number of thiophene rings is 1. The number of aromatic nitrogens is 2. The lowest BCUT2D eigenvalue weighted by atomic mass is 10.2. The van der Waals surface area contributed by atoms with Gasteiger partial charge in [-0.3, -0.25) is 4.79 Å². The SMILES string of the molecule is COCc1nc(OC)c2c(C)c(C(=O)N3CCCN(c4ccc(F)cc4)CC3)sc2n1. The number of aryl methyl sites for hydroxylation is 1. The minimum atomic E-state index is -0.247. The predicted molar refractivity (Wildman–Crippen MR) is 119 cm³/mol. The van der Waals surface area contributed by atoms with Gasteiger partial charge < -0.3 is 19.3 Å². The Kier molecular flexibility index (Phi) is 6.33. The predicted octanol–water partition coefficient (Wildman–Crippen LogP) is 3.65. The molecule has 0 N–H and O–H groups in total. The Balaban J connectivity index is 1.57. The van der Waals surface area contributed by atoms with Crippen molar-refractivity contribution in [1.29, 1.82) is 0 Å². The number of fused-ring (bicyclic) bond motifs is 1. The van der Waals surface area contributed by atoms with Crippen LogP contribution in [0.5, 0.6) is 5.88 Å². The Morgan fingerprint density at radius 2 is 1.90 bits per heavy atom. The topological polar surface area (TPSA) is 67.8 Å². The quantitative estimate of drug-likeness (QED) is 0.599. The number of halogens is 1. The summed E-state index contributed by atoms with van der Waals surface area (Å²) in [5, 5.41) is 0.776. The summed E-state index contributed by atoms with van der Waals surface area (Å²) in [6, 6.07) is 6.50. The first-order valence-electron chi connectivity index (χ1n) is 10.1. The number of carbonyl (C=O) groups is 1. The number of benzene rings is 1. The summed E-state index contributed by atoms with van der Waals surface area (Å²) >= 11 is 1.37. The fourth-order valence-corrected chi connectivity index (χ4v) is 5.02. The van der Waals surface area contributed by atoms with E-state index in [1.807, 2.05) is 11.8 Å². The van der Waals surface area contributed by atoms with Crippen LogP contribution in [0.4, 0.5) is 10.1 Å². The van der Waals surface area contributed by atoms with Crippen molar-refractivity contribution in [1.82, 2.24) is 14.9 Å². The average Bonchev–Trinajstić information content (AvgIpc) is 2.94. The van der Waals surface area contributed by atoms with Gasteiger partial charge in [0, 0.05) is 39.0 Å². The minimum Gasteiger partial charge on any atom is -0.480 e. The van der Waals surface area contributed by atoms with Crippen molar-refractivity contribution < 1.29 is 18.7 Å². The summed E-state index contributed by atoms with van der Waals surface area (Å²) < 4.78 is 23.9. The molecular weight excluding hydrogens is 419 g/mol. The summed E-state index contributed by atoms with van der Waals surface area (Å²) in [4.78, 5) is 27.8. The van der Waals surface area contributed by atoms with Crippen LogP contribution in [0, 0.1) is 12.7 Å². The Morgan fingerprint density at radius 3 is 2.61 bits per heavy atom. The standard InChI is InChI=1S/C22H25FN4O3S/c1-14-18-20(30-3)24-17(13-29-2)25-21(18)31-19(14)22(28)27-10-4-9-26(11-12-27)16-7-5-15(23)6-8-16/h5-8H,4,9-13H2,1-3H3. The summed E-state index contributed by atoms with van der Waals surface area (Å²) in [6.45, 7) is 4.97. The Bertz CT molecular complexity index is 1090. The number of rotatable bonds is 5. The highest BCUT2D eigenvalue weighted by atomic mass is 32.1. The molecule has 0 spiro atoms. The molecule has 0 unspecified atom stereocenters. The van der Waals surface area contributed by atoms with Crippen molar-refractivity contribution in [2.75, 3.05) is 45.3 Å². The molecule has 1 fully saturated rings. The van der Waals surface area contributed by atoms with Gasteiger partial charge in [-0.25, -0.2) is 9.37 Å². The van der Waals surface area contributed by atoms with Gasteiger partial charge in [0.25, 0.3) is 5.91 Å². The van der Waals surface area contributed by atoms with E-state index in [-0.39, 0.29) is 18.3 Å². The molecule has 1 aromatic carbocycles. The molecule has 0 radical (unpaired) electrons. The lowest BCUT2D eigenvalue weighted by Gasteiger charge is -2.23. The van der Waals surface area contributed by atoms with E-state index in [9.17, 15) is 9.18 Å². The van der Waals surface area contributed by atoms with Gasteiger partial charge in [0.15, 0.2) is 5.82 Å². The van der Waals surface area contributed by atoms with Gasteiger partial charge >= 0.3 is 0 Å². The average molecular weight is 445 g/mol. The number of ether oxygens (including phenoxy) is 2. The van der Waals surface area contributed by atoms with Crippen LogP contribution in [0.3, 0.4) is 0 Å². The van der Waals surface area contributed by atoms with Crippen LogP contribution in [0.15, 0.2) is 24.3 Å². The van der Waals surface area contributed by atoms with E-state index in [4.69, 9.17) is 9.47 Å². The Morgan fingerprint density at radius 1 is 1.13 bits per heavy atom. The van der Waals surface area contributed by atoms with Gasteiger partial charge in [0.05, 0.1) is 17.4 Å². The van der Waals surface area contributed by atoms with Crippen molar-refractivity contribution in [2.45, 2.75) is 20.0 Å². The summed E-state index contributed by atoms with van der Waals surface area (Å²) in [5.41, 5.74) is 1.81. The van der Waals surface area contributed by atoms with E-state index in [0.29, 0.717) is 36.2 Å². The highest BCUT2D eigenvalue weighted by molar-refractivity contribution is 7.20. The molecule has 0 saturated carbocycles. The van der Waals surface area contributed by atoms with Gasteiger partial charge in [-0.15, -0.1) is 11.3 Å². The molecular formula is C22H25FN4O3S. The van der Waals surface area contributed by atoms with E-state index < -0.39 is 0 Å². The third-order valence-corrected chi connectivity index (χ3v) is 6.61. The highest BCUT2D eigenvalue weighted by Gasteiger charge is 2.26. The number of anilines is 1. The van der Waals surface area contributed by atoms with E-state index in [1.54, 1.807) is 26.4 Å². The van der Waals surface area contributed by atoms with Gasteiger partial charge in [-0.05, 0) is 43.2 Å². The monoisotopic (exact) mass is 444 g/mol. The zero-order valence-electron chi connectivity index (χ0n) is 17.9. The van der Waals surface area contributed by atoms with Crippen molar-refractivity contribution in [2.24, 2.45) is 0 Å². The molecule has 0 bridgehead atoms. The lowest BCUT2D eigenvalue weighted by molar-refractivity contribution is 0.0771. The van der Waals surface area contributed by atoms with Crippen LogP contribution in [0.1, 0.15) is 27.5 Å². The van der Waals surface area contributed by atoms with Crippen molar-refractivity contribution >= 4 is 33.1 Å². The molecule has 0 aliphatic carbocycles. The molecule has 31 heavy (non-hydrogen) atoms. The van der Waals surface area contributed by atoms with Crippen molar-refractivity contribution in [3.05, 3.63) is 46.3 Å². The van der Waals surface area contributed by atoms with Gasteiger partial charge in [0.2, 0.25) is 5.88 Å². The van der Waals surface area contributed by atoms with Gasteiger partial charge in [-0.2, -0.15) is 4.98 Å². The largest absolute Gasteiger partial charge is 0.480 e. The van der Waals surface area contributed by atoms with Crippen LogP contribution in [0.25, 0.3) is 10.2 Å². The molecule has 0 atom stereocenters. The normalized spacial score (nSPS) is 14.7. The number of methoxy groups -OCH3 is 2. The van der Waals surface area contributed by atoms with Gasteiger partial charge in [0.1, 0.15) is 17.3 Å². The molecule has 3 aromatic rings. The number of hydrogen-bond donors (Lipinski definition) is 0. The fourth-order valence-electron chi connectivity index (χ4n) is 3.86. The van der Waals surface area contributed by atoms with Crippen LogP contribution < -0.4 is 9.64 Å². The van der Waals surface area contributed by atoms with E-state index in [0.717, 1.165) is 34.4 Å². The maximum absolute atomic E-state index is 13.4. The van der Waals surface area contributed by atoms with Crippen molar-refractivity contribution in [3.8, 4) is 5.88 Å². The first-order valence-corrected chi connectivity index (χ1v) is 11.0. The number of hydrogen-bond acceptors (Lipinski definition) is 7. The molecule has 2 aromatic heterocycles. The van der Waals surface area contributed by atoms with E-state index >= 15 is 0 Å².